The van der Waals surface area contributed by atoms with Gasteiger partial charge < -0.3 is 9.73 Å². The van der Waals surface area contributed by atoms with Crippen LogP contribution < -0.4 is 5.32 Å². The summed E-state index contributed by atoms with van der Waals surface area (Å²) in [4.78, 5) is 12.0. The van der Waals surface area contributed by atoms with Crippen LogP contribution in [0.3, 0.4) is 0 Å². The molecule has 1 aromatic carbocycles. The van der Waals surface area contributed by atoms with Crippen molar-refractivity contribution in [1.29, 1.82) is 0 Å². The molecule has 1 aromatic heterocycles. The minimum atomic E-state index is 0.0286. The van der Waals surface area contributed by atoms with Crippen LogP contribution in [-0.2, 0) is 4.79 Å². The number of hydrogen-bond acceptors (Lipinski definition) is 5. The van der Waals surface area contributed by atoms with E-state index in [4.69, 9.17) is 4.42 Å². The summed E-state index contributed by atoms with van der Waals surface area (Å²) in [5.41, 5.74) is 2.04. The average Bonchev–Trinajstić information content (AvgIpc) is 3.08. The molecule has 128 valence electrons. The van der Waals surface area contributed by atoms with Gasteiger partial charge in [-0.2, -0.15) is 0 Å². The summed E-state index contributed by atoms with van der Waals surface area (Å²) in [5, 5.41) is 11.5. The van der Waals surface area contributed by atoms with Crippen molar-refractivity contribution in [1.82, 2.24) is 15.5 Å². The standard InChI is InChI=1S/C18H23N3O2S/c1-13-6-5-9-15(10-13)17-20-21-18(23-17)24-12-16(22)19-11-14-7-3-2-4-8-14/h5-6,9-10,14H,2-4,7-8,11-12H2,1H3,(H,19,22). The van der Waals surface area contributed by atoms with E-state index < -0.39 is 0 Å². The Morgan fingerprint density at radius 2 is 2.12 bits per heavy atom. The molecule has 1 amide bonds. The lowest BCUT2D eigenvalue weighted by molar-refractivity contribution is -0.118. The third-order valence-electron chi connectivity index (χ3n) is 4.31. The summed E-state index contributed by atoms with van der Waals surface area (Å²) in [6, 6.07) is 7.91. The van der Waals surface area contributed by atoms with E-state index in [-0.39, 0.29) is 5.91 Å². The van der Waals surface area contributed by atoms with Crippen molar-refractivity contribution >= 4 is 17.7 Å². The molecule has 24 heavy (non-hydrogen) atoms. The largest absolute Gasteiger partial charge is 0.411 e. The zero-order valence-corrected chi connectivity index (χ0v) is 14.8. The first-order chi connectivity index (χ1) is 11.7. The van der Waals surface area contributed by atoms with Gasteiger partial charge in [0.2, 0.25) is 11.8 Å². The van der Waals surface area contributed by atoms with Crippen molar-refractivity contribution in [2.45, 2.75) is 44.3 Å². The van der Waals surface area contributed by atoms with Gasteiger partial charge in [-0.15, -0.1) is 10.2 Å². The van der Waals surface area contributed by atoms with Gasteiger partial charge in [-0.1, -0.05) is 48.7 Å². The van der Waals surface area contributed by atoms with Crippen molar-refractivity contribution < 1.29 is 9.21 Å². The number of benzene rings is 1. The number of nitrogens with one attached hydrogen (secondary N) is 1. The number of aryl methyl sites for hydroxylation is 1. The molecule has 1 saturated carbocycles. The van der Waals surface area contributed by atoms with E-state index in [1.165, 1.54) is 43.9 Å². The van der Waals surface area contributed by atoms with Crippen molar-refractivity contribution in [3.63, 3.8) is 0 Å². The van der Waals surface area contributed by atoms with E-state index in [0.717, 1.165) is 17.7 Å². The quantitative estimate of drug-likeness (QED) is 0.806. The molecule has 0 unspecified atom stereocenters. The van der Waals surface area contributed by atoms with Crippen molar-refractivity contribution in [2.75, 3.05) is 12.3 Å². The van der Waals surface area contributed by atoms with Crippen LogP contribution in [0.15, 0.2) is 33.9 Å². The molecule has 1 heterocycles. The van der Waals surface area contributed by atoms with E-state index in [0.29, 0.717) is 22.8 Å². The number of amides is 1. The number of hydrogen-bond donors (Lipinski definition) is 1. The summed E-state index contributed by atoms with van der Waals surface area (Å²) in [6.07, 6.45) is 6.38. The van der Waals surface area contributed by atoms with Gasteiger partial charge in [0, 0.05) is 12.1 Å². The highest BCUT2D eigenvalue weighted by atomic mass is 32.2. The van der Waals surface area contributed by atoms with Crippen LogP contribution in [0.25, 0.3) is 11.5 Å². The normalized spacial score (nSPS) is 15.4. The number of thioether (sulfide) groups is 1. The maximum atomic E-state index is 12.0. The molecule has 1 N–H and O–H groups in total. The minimum Gasteiger partial charge on any atom is -0.411 e. The Bertz CT molecular complexity index is 680. The zero-order valence-electron chi connectivity index (χ0n) is 14.0. The van der Waals surface area contributed by atoms with Gasteiger partial charge >= 0.3 is 0 Å². The summed E-state index contributed by atoms with van der Waals surface area (Å²) in [7, 11) is 0. The maximum Gasteiger partial charge on any atom is 0.277 e. The highest BCUT2D eigenvalue weighted by Gasteiger charge is 2.15. The molecule has 1 fully saturated rings. The summed E-state index contributed by atoms with van der Waals surface area (Å²) >= 11 is 1.28. The molecule has 0 radical (unpaired) electrons. The Hall–Kier alpha value is -1.82. The first-order valence-electron chi connectivity index (χ1n) is 8.51. The molecule has 2 aromatic rings. The van der Waals surface area contributed by atoms with E-state index >= 15 is 0 Å². The molecular weight excluding hydrogens is 322 g/mol. The third-order valence-corrected chi connectivity index (χ3v) is 5.13. The van der Waals surface area contributed by atoms with E-state index in [9.17, 15) is 4.79 Å². The zero-order chi connectivity index (χ0) is 16.8. The number of carbonyl (C=O) groups excluding carboxylic acids is 1. The van der Waals surface area contributed by atoms with Crippen LogP contribution in [0.1, 0.15) is 37.7 Å². The van der Waals surface area contributed by atoms with Crippen molar-refractivity contribution in [2.24, 2.45) is 5.92 Å². The Balaban J connectivity index is 1.45. The molecular formula is C18H23N3O2S. The van der Waals surface area contributed by atoms with Crippen LogP contribution in [0.4, 0.5) is 0 Å². The first kappa shape index (κ1) is 17.0. The summed E-state index contributed by atoms with van der Waals surface area (Å²) in [5.74, 6) is 1.47. The lowest BCUT2D eigenvalue weighted by Crippen LogP contribution is -2.31. The number of aromatic nitrogens is 2. The lowest BCUT2D eigenvalue weighted by atomic mass is 9.89. The van der Waals surface area contributed by atoms with Gasteiger partial charge in [0.15, 0.2) is 0 Å². The fourth-order valence-corrected chi connectivity index (χ4v) is 3.58. The topological polar surface area (TPSA) is 68.0 Å². The Morgan fingerprint density at radius 1 is 1.29 bits per heavy atom. The van der Waals surface area contributed by atoms with Crippen LogP contribution in [0.5, 0.6) is 0 Å². The maximum absolute atomic E-state index is 12.0. The smallest absolute Gasteiger partial charge is 0.277 e. The monoisotopic (exact) mass is 345 g/mol. The fourth-order valence-electron chi connectivity index (χ4n) is 2.99. The van der Waals surface area contributed by atoms with Gasteiger partial charge in [-0.25, -0.2) is 0 Å². The minimum absolute atomic E-state index is 0.0286. The second-order valence-corrected chi connectivity index (χ2v) is 7.27. The second kappa shape index (κ2) is 8.33. The second-order valence-electron chi connectivity index (χ2n) is 6.34. The Labute approximate surface area is 146 Å². The molecule has 5 nitrogen and oxygen atoms in total. The van der Waals surface area contributed by atoms with Gasteiger partial charge in [0.1, 0.15) is 0 Å². The molecule has 0 atom stereocenters. The van der Waals surface area contributed by atoms with Crippen LogP contribution in [0, 0.1) is 12.8 Å². The molecule has 0 aliphatic heterocycles. The predicted molar refractivity (Wildman–Crippen MR) is 94.8 cm³/mol. The number of nitrogens with zero attached hydrogens (tertiary/aromatic N) is 2. The lowest BCUT2D eigenvalue weighted by Gasteiger charge is -2.21. The van der Waals surface area contributed by atoms with Gasteiger partial charge in [0.25, 0.3) is 5.22 Å². The molecule has 3 rings (SSSR count). The highest BCUT2D eigenvalue weighted by molar-refractivity contribution is 7.99. The Kier molecular flexibility index (Phi) is 5.91. The SMILES string of the molecule is Cc1cccc(-c2nnc(SCC(=O)NCC3CCCCC3)o2)c1. The third kappa shape index (κ3) is 4.84. The molecule has 0 bridgehead atoms. The first-order valence-corrected chi connectivity index (χ1v) is 9.49. The van der Waals surface area contributed by atoms with Crippen LogP contribution >= 0.6 is 11.8 Å². The summed E-state index contributed by atoms with van der Waals surface area (Å²) in [6.45, 7) is 2.81. The number of rotatable bonds is 6. The fraction of sp³-hybridized carbons (Fsp3) is 0.500. The van der Waals surface area contributed by atoms with Crippen molar-refractivity contribution in [3.8, 4) is 11.5 Å². The average molecular weight is 345 g/mol. The Morgan fingerprint density at radius 3 is 2.92 bits per heavy atom. The summed E-state index contributed by atoms with van der Waals surface area (Å²) < 4.78 is 5.63. The van der Waals surface area contributed by atoms with E-state index in [1.807, 2.05) is 31.2 Å². The van der Waals surface area contributed by atoms with Crippen LogP contribution in [-0.4, -0.2) is 28.4 Å². The molecule has 6 heteroatoms. The molecule has 0 saturated heterocycles. The van der Waals surface area contributed by atoms with Gasteiger partial charge in [-0.3, -0.25) is 4.79 Å². The van der Waals surface area contributed by atoms with Gasteiger partial charge in [-0.05, 0) is 37.8 Å². The number of carbonyl (C=O) groups is 1. The predicted octanol–water partition coefficient (Wildman–Crippen LogP) is 3.83. The van der Waals surface area contributed by atoms with Crippen molar-refractivity contribution in [3.05, 3.63) is 29.8 Å². The highest BCUT2D eigenvalue weighted by Crippen LogP contribution is 2.24. The molecule has 1 aliphatic rings. The van der Waals surface area contributed by atoms with Crippen LogP contribution in [0.2, 0.25) is 0 Å². The molecule has 0 spiro atoms. The van der Waals surface area contributed by atoms with E-state index in [1.54, 1.807) is 0 Å². The van der Waals surface area contributed by atoms with E-state index in [2.05, 4.69) is 15.5 Å². The molecule has 1 aliphatic carbocycles. The van der Waals surface area contributed by atoms with Gasteiger partial charge in [0.05, 0.1) is 5.75 Å².